The van der Waals surface area contributed by atoms with Crippen molar-refractivity contribution in [1.82, 2.24) is 20.2 Å². The summed E-state index contributed by atoms with van der Waals surface area (Å²) in [5.74, 6) is 6.06. The fourth-order valence-corrected chi connectivity index (χ4v) is 3.24. The predicted molar refractivity (Wildman–Crippen MR) is 105 cm³/mol. The molecule has 0 atom stereocenters. The Morgan fingerprint density at radius 3 is 2.86 bits per heavy atom. The molecule has 29 heavy (non-hydrogen) atoms. The lowest BCUT2D eigenvalue weighted by atomic mass is 9.98. The van der Waals surface area contributed by atoms with E-state index in [2.05, 4.69) is 37.3 Å². The minimum atomic E-state index is -2.71. The predicted octanol–water partition coefficient (Wildman–Crippen LogP) is 4.25. The molecule has 6 nitrogen and oxygen atoms in total. The first-order valence-corrected chi connectivity index (χ1v) is 9.68. The number of rotatable bonds is 4. The Kier molecular flexibility index (Phi) is 5.27. The molecule has 9 heteroatoms. The summed E-state index contributed by atoms with van der Waals surface area (Å²) in [5.41, 5.74) is 1.50. The average Bonchev–Trinajstić information content (AvgIpc) is 3.45. The lowest BCUT2D eigenvalue weighted by Gasteiger charge is -2.12. The first-order chi connectivity index (χ1) is 14.0. The van der Waals surface area contributed by atoms with Crippen molar-refractivity contribution in [3.8, 4) is 23.0 Å². The minimum Gasteiger partial charge on any atom is -0.296 e. The molecule has 3 aromatic heterocycles. The van der Waals surface area contributed by atoms with Gasteiger partial charge in [0.25, 0.3) is 12.3 Å². The van der Waals surface area contributed by atoms with Gasteiger partial charge in [0.2, 0.25) is 5.13 Å². The highest BCUT2D eigenvalue weighted by Crippen LogP contribution is 2.30. The summed E-state index contributed by atoms with van der Waals surface area (Å²) in [6.45, 7) is 1.74. The molecule has 3 aromatic rings. The Labute approximate surface area is 169 Å². The molecule has 0 radical (unpaired) electrons. The average molecular weight is 411 g/mol. The van der Waals surface area contributed by atoms with Crippen LogP contribution in [0.3, 0.4) is 0 Å². The maximum absolute atomic E-state index is 13.1. The largest absolute Gasteiger partial charge is 0.296 e. The SMILES string of the molecule is Cc1cnc(C(F)F)cc1-c1cnccc1C(=O)Nc1nnc(C#CC2CC2)s1. The second-order valence-electron chi connectivity index (χ2n) is 6.56. The number of hydrogen-bond donors (Lipinski definition) is 1. The molecule has 1 amide bonds. The Balaban J connectivity index is 1.61. The van der Waals surface area contributed by atoms with Gasteiger partial charge >= 0.3 is 0 Å². The second-order valence-corrected chi connectivity index (χ2v) is 7.53. The number of carbonyl (C=O) groups is 1. The first-order valence-electron chi connectivity index (χ1n) is 8.86. The number of pyridine rings is 2. The lowest BCUT2D eigenvalue weighted by molar-refractivity contribution is 0.102. The van der Waals surface area contributed by atoms with Gasteiger partial charge in [0, 0.05) is 30.1 Å². The molecule has 0 spiro atoms. The van der Waals surface area contributed by atoms with E-state index in [1.165, 1.54) is 42.1 Å². The quantitative estimate of drug-likeness (QED) is 0.649. The van der Waals surface area contributed by atoms with Crippen LogP contribution in [-0.2, 0) is 0 Å². The van der Waals surface area contributed by atoms with Crippen LogP contribution in [0.1, 0.15) is 45.9 Å². The number of aromatic nitrogens is 4. The van der Waals surface area contributed by atoms with Gasteiger partial charge in [0.15, 0.2) is 5.01 Å². The van der Waals surface area contributed by atoms with Crippen LogP contribution < -0.4 is 5.32 Å². The molecule has 1 fully saturated rings. The molecule has 0 saturated heterocycles. The van der Waals surface area contributed by atoms with E-state index in [9.17, 15) is 13.6 Å². The van der Waals surface area contributed by atoms with Gasteiger partial charge in [-0.2, -0.15) is 0 Å². The Morgan fingerprint density at radius 2 is 2.10 bits per heavy atom. The van der Waals surface area contributed by atoms with E-state index >= 15 is 0 Å². The Morgan fingerprint density at radius 1 is 1.28 bits per heavy atom. The highest BCUT2D eigenvalue weighted by atomic mass is 32.1. The second kappa shape index (κ2) is 8.01. The van der Waals surface area contributed by atoms with Gasteiger partial charge in [0.05, 0.1) is 5.56 Å². The van der Waals surface area contributed by atoms with Gasteiger partial charge in [0.1, 0.15) is 5.69 Å². The third-order valence-electron chi connectivity index (χ3n) is 4.31. The monoisotopic (exact) mass is 411 g/mol. The smallest absolute Gasteiger partial charge is 0.280 e. The van der Waals surface area contributed by atoms with E-state index in [0.717, 1.165) is 12.8 Å². The third kappa shape index (κ3) is 4.43. The highest BCUT2D eigenvalue weighted by Gasteiger charge is 2.20. The van der Waals surface area contributed by atoms with E-state index < -0.39 is 12.3 Å². The Hall–Kier alpha value is -3.25. The lowest BCUT2D eigenvalue weighted by Crippen LogP contribution is -2.13. The molecular formula is C20H15F2N5OS. The van der Waals surface area contributed by atoms with E-state index in [1.54, 1.807) is 6.92 Å². The fraction of sp³-hybridized carbons (Fsp3) is 0.250. The molecule has 0 aliphatic heterocycles. The fourth-order valence-electron chi connectivity index (χ4n) is 2.64. The number of alkyl halides is 2. The minimum absolute atomic E-state index is 0.287. The van der Waals surface area contributed by atoms with Crippen molar-refractivity contribution in [2.45, 2.75) is 26.2 Å². The molecular weight excluding hydrogens is 396 g/mol. The van der Waals surface area contributed by atoms with Crippen LogP contribution in [0.5, 0.6) is 0 Å². The number of halogens is 2. The maximum Gasteiger partial charge on any atom is 0.280 e. The molecule has 4 rings (SSSR count). The molecule has 1 aliphatic carbocycles. The van der Waals surface area contributed by atoms with Crippen LogP contribution in [0.2, 0.25) is 0 Å². The van der Waals surface area contributed by atoms with Gasteiger partial charge in [-0.25, -0.2) is 8.78 Å². The number of aryl methyl sites for hydroxylation is 1. The van der Waals surface area contributed by atoms with E-state index in [-0.39, 0.29) is 11.3 Å². The number of amides is 1. The number of anilines is 1. The number of carbonyl (C=O) groups excluding carboxylic acids is 1. The van der Waals surface area contributed by atoms with Crippen molar-refractivity contribution >= 4 is 22.4 Å². The van der Waals surface area contributed by atoms with Gasteiger partial charge in [-0.1, -0.05) is 17.3 Å². The van der Waals surface area contributed by atoms with Crippen molar-refractivity contribution in [3.63, 3.8) is 0 Å². The molecule has 0 aromatic carbocycles. The zero-order valence-electron chi connectivity index (χ0n) is 15.3. The first kappa shape index (κ1) is 19.1. The molecule has 0 unspecified atom stereocenters. The molecule has 3 heterocycles. The summed E-state index contributed by atoms with van der Waals surface area (Å²) < 4.78 is 26.2. The highest BCUT2D eigenvalue weighted by molar-refractivity contribution is 7.15. The van der Waals surface area contributed by atoms with Crippen LogP contribution in [-0.4, -0.2) is 26.1 Å². The molecule has 1 aliphatic rings. The van der Waals surface area contributed by atoms with Gasteiger partial charge < -0.3 is 0 Å². The third-order valence-corrected chi connectivity index (χ3v) is 5.06. The summed E-state index contributed by atoms with van der Waals surface area (Å²) in [6, 6.07) is 2.81. The number of hydrogen-bond acceptors (Lipinski definition) is 6. The van der Waals surface area contributed by atoms with Crippen molar-refractivity contribution in [2.24, 2.45) is 5.92 Å². The van der Waals surface area contributed by atoms with E-state index in [4.69, 9.17) is 0 Å². The summed E-state index contributed by atoms with van der Waals surface area (Å²) in [7, 11) is 0. The van der Waals surface area contributed by atoms with Crippen molar-refractivity contribution in [3.05, 3.63) is 52.6 Å². The normalized spacial score (nSPS) is 13.1. The summed E-state index contributed by atoms with van der Waals surface area (Å²) in [4.78, 5) is 20.6. The van der Waals surface area contributed by atoms with Crippen LogP contribution in [0.4, 0.5) is 13.9 Å². The standard InChI is InChI=1S/C20H15F2N5OS/c1-11-9-24-16(18(21)22)8-14(11)15-10-23-7-6-13(15)19(28)25-20-27-26-17(29-20)5-4-12-2-3-12/h6-10,12,18H,2-3H2,1H3,(H,25,27,28). The van der Waals surface area contributed by atoms with Crippen LogP contribution in [0.15, 0.2) is 30.7 Å². The molecule has 1 saturated carbocycles. The van der Waals surface area contributed by atoms with Crippen molar-refractivity contribution in [1.29, 1.82) is 0 Å². The molecule has 1 N–H and O–H groups in total. The molecule has 146 valence electrons. The van der Waals surface area contributed by atoms with Crippen LogP contribution in [0.25, 0.3) is 11.1 Å². The van der Waals surface area contributed by atoms with E-state index in [1.807, 2.05) is 0 Å². The zero-order chi connectivity index (χ0) is 20.4. The topological polar surface area (TPSA) is 80.7 Å². The maximum atomic E-state index is 13.1. The zero-order valence-corrected chi connectivity index (χ0v) is 16.1. The summed E-state index contributed by atoms with van der Waals surface area (Å²) >= 11 is 1.18. The van der Waals surface area contributed by atoms with Crippen molar-refractivity contribution in [2.75, 3.05) is 5.32 Å². The Bertz CT molecular complexity index is 1130. The number of nitrogens with one attached hydrogen (secondary N) is 1. The summed E-state index contributed by atoms with van der Waals surface area (Å²) in [5, 5.41) is 11.5. The van der Waals surface area contributed by atoms with Gasteiger partial charge in [-0.15, -0.1) is 10.2 Å². The van der Waals surface area contributed by atoms with Crippen molar-refractivity contribution < 1.29 is 13.6 Å². The van der Waals surface area contributed by atoms with E-state index in [0.29, 0.717) is 32.7 Å². The van der Waals surface area contributed by atoms with Gasteiger partial charge in [-0.3, -0.25) is 20.1 Å². The number of nitrogens with zero attached hydrogens (tertiary/aromatic N) is 4. The summed E-state index contributed by atoms with van der Waals surface area (Å²) in [6.07, 6.45) is 3.82. The van der Waals surface area contributed by atoms with Crippen LogP contribution in [0, 0.1) is 24.7 Å². The molecule has 0 bridgehead atoms. The van der Waals surface area contributed by atoms with Gasteiger partial charge in [-0.05, 0) is 48.9 Å². The van der Waals surface area contributed by atoms with Crippen LogP contribution >= 0.6 is 11.3 Å².